The zero-order valence-electron chi connectivity index (χ0n) is 13.0. The molecule has 1 fully saturated rings. The van der Waals surface area contributed by atoms with Gasteiger partial charge in [0.2, 0.25) is 11.8 Å². The third-order valence-electron chi connectivity index (χ3n) is 3.90. The maximum Gasteiger partial charge on any atom is 0.224 e. The van der Waals surface area contributed by atoms with E-state index >= 15 is 0 Å². The first-order chi connectivity index (χ1) is 11.3. The molecule has 0 aliphatic carbocycles. The number of hydrogen-bond donors (Lipinski definition) is 2. The van der Waals surface area contributed by atoms with Gasteiger partial charge in [-0.15, -0.1) is 0 Å². The van der Waals surface area contributed by atoms with Gasteiger partial charge in [-0.3, -0.25) is 4.79 Å². The highest BCUT2D eigenvalue weighted by Crippen LogP contribution is 2.18. The summed E-state index contributed by atoms with van der Waals surface area (Å²) < 4.78 is 5.65. The number of benzene rings is 1. The van der Waals surface area contributed by atoms with E-state index in [2.05, 4.69) is 15.6 Å². The first-order valence-corrected chi connectivity index (χ1v) is 7.97. The molecule has 2 N–H and O–H groups in total. The number of nitrogens with zero attached hydrogens (tertiary/aromatic N) is 1. The number of nitrogens with one attached hydrogen (secondary N) is 2. The number of hydrogen-bond acceptors (Lipinski definition) is 4. The van der Waals surface area contributed by atoms with Gasteiger partial charge >= 0.3 is 0 Å². The van der Waals surface area contributed by atoms with Crippen molar-refractivity contribution in [1.29, 1.82) is 0 Å². The highest BCUT2D eigenvalue weighted by atomic mass is 16.5. The SMILES string of the molecule is O=C(NCc1ccc(Oc2ccccc2)nc1)C1CCCNC1. The van der Waals surface area contributed by atoms with Gasteiger partial charge in [0.25, 0.3) is 0 Å². The maximum atomic E-state index is 12.1. The Kier molecular flexibility index (Phi) is 5.21. The van der Waals surface area contributed by atoms with Gasteiger partial charge in [0.1, 0.15) is 5.75 Å². The minimum absolute atomic E-state index is 0.0809. The molecule has 1 aromatic heterocycles. The first kappa shape index (κ1) is 15.5. The van der Waals surface area contributed by atoms with Crippen LogP contribution in [0.25, 0.3) is 0 Å². The van der Waals surface area contributed by atoms with Crippen LogP contribution in [0.3, 0.4) is 0 Å². The van der Waals surface area contributed by atoms with Crippen molar-refractivity contribution in [2.45, 2.75) is 19.4 Å². The zero-order valence-corrected chi connectivity index (χ0v) is 13.0. The topological polar surface area (TPSA) is 63.2 Å². The molecule has 23 heavy (non-hydrogen) atoms. The standard InChI is InChI=1S/C18H21N3O2/c22-18(15-5-4-10-19-13-15)21-12-14-8-9-17(20-11-14)23-16-6-2-1-3-7-16/h1-3,6-9,11,15,19H,4-5,10,12-13H2,(H,21,22). The van der Waals surface area contributed by atoms with Crippen LogP contribution in [0.1, 0.15) is 18.4 Å². The third kappa shape index (κ3) is 4.53. The van der Waals surface area contributed by atoms with E-state index in [4.69, 9.17) is 4.74 Å². The number of amides is 1. The van der Waals surface area contributed by atoms with Crippen LogP contribution in [-0.2, 0) is 11.3 Å². The zero-order chi connectivity index (χ0) is 15.9. The fraction of sp³-hybridized carbons (Fsp3) is 0.333. The number of pyridine rings is 1. The molecule has 1 aliphatic heterocycles. The molecule has 3 rings (SSSR count). The summed E-state index contributed by atoms with van der Waals surface area (Å²) in [5.41, 5.74) is 0.961. The minimum atomic E-state index is 0.0809. The van der Waals surface area contributed by atoms with Crippen molar-refractivity contribution in [3.05, 3.63) is 54.2 Å². The number of para-hydroxylation sites is 1. The Morgan fingerprint density at radius 2 is 2.13 bits per heavy atom. The third-order valence-corrected chi connectivity index (χ3v) is 3.90. The Balaban J connectivity index is 1.50. The van der Waals surface area contributed by atoms with Gasteiger partial charge < -0.3 is 15.4 Å². The number of ether oxygens (including phenoxy) is 1. The summed E-state index contributed by atoms with van der Waals surface area (Å²) in [5, 5.41) is 6.23. The summed E-state index contributed by atoms with van der Waals surface area (Å²) in [7, 11) is 0. The fourth-order valence-corrected chi connectivity index (χ4v) is 2.59. The molecule has 2 heterocycles. The second-order valence-corrected chi connectivity index (χ2v) is 5.68. The molecule has 5 nitrogen and oxygen atoms in total. The van der Waals surface area contributed by atoms with E-state index in [1.165, 1.54) is 0 Å². The van der Waals surface area contributed by atoms with Crippen molar-refractivity contribution in [3.8, 4) is 11.6 Å². The number of rotatable bonds is 5. The molecule has 0 saturated carbocycles. The average molecular weight is 311 g/mol. The Bertz CT molecular complexity index is 622. The normalized spacial score (nSPS) is 17.5. The monoisotopic (exact) mass is 311 g/mol. The van der Waals surface area contributed by atoms with E-state index in [0.717, 1.165) is 37.2 Å². The summed E-state index contributed by atoms with van der Waals surface area (Å²) in [6.45, 7) is 2.28. The van der Waals surface area contributed by atoms with Crippen molar-refractivity contribution in [1.82, 2.24) is 15.6 Å². The number of carbonyl (C=O) groups is 1. The Morgan fingerprint density at radius 1 is 1.26 bits per heavy atom. The number of piperidine rings is 1. The summed E-state index contributed by atoms with van der Waals surface area (Å²) in [6.07, 6.45) is 3.75. The molecular weight excluding hydrogens is 290 g/mol. The lowest BCUT2D eigenvalue weighted by Crippen LogP contribution is -2.40. The molecular formula is C18H21N3O2. The summed E-state index contributed by atoms with van der Waals surface area (Å²) in [6, 6.07) is 13.3. The molecule has 0 spiro atoms. The van der Waals surface area contributed by atoms with Crippen LogP contribution < -0.4 is 15.4 Å². The van der Waals surface area contributed by atoms with Crippen LogP contribution in [0, 0.1) is 5.92 Å². The van der Waals surface area contributed by atoms with Crippen molar-refractivity contribution in [2.24, 2.45) is 5.92 Å². The fourth-order valence-electron chi connectivity index (χ4n) is 2.59. The van der Waals surface area contributed by atoms with Gasteiger partial charge in [-0.05, 0) is 37.1 Å². The van der Waals surface area contributed by atoms with E-state index in [9.17, 15) is 4.79 Å². The quantitative estimate of drug-likeness (QED) is 0.890. The Hall–Kier alpha value is -2.40. The maximum absolute atomic E-state index is 12.1. The highest BCUT2D eigenvalue weighted by molar-refractivity contribution is 5.78. The molecule has 1 atom stereocenters. The Labute approximate surface area is 136 Å². The van der Waals surface area contributed by atoms with Crippen LogP contribution in [0.2, 0.25) is 0 Å². The van der Waals surface area contributed by atoms with Crippen molar-refractivity contribution < 1.29 is 9.53 Å². The minimum Gasteiger partial charge on any atom is -0.439 e. The van der Waals surface area contributed by atoms with Gasteiger partial charge in [-0.1, -0.05) is 24.3 Å². The van der Waals surface area contributed by atoms with Crippen molar-refractivity contribution >= 4 is 5.91 Å². The van der Waals surface area contributed by atoms with E-state index < -0.39 is 0 Å². The molecule has 1 unspecified atom stereocenters. The second-order valence-electron chi connectivity index (χ2n) is 5.68. The van der Waals surface area contributed by atoms with Crippen molar-refractivity contribution in [2.75, 3.05) is 13.1 Å². The summed E-state index contributed by atoms with van der Waals surface area (Å²) in [4.78, 5) is 16.4. The Morgan fingerprint density at radius 3 is 2.83 bits per heavy atom. The lowest BCUT2D eigenvalue weighted by Gasteiger charge is -2.21. The summed E-state index contributed by atoms with van der Waals surface area (Å²) in [5.74, 6) is 1.49. The van der Waals surface area contributed by atoms with Gasteiger partial charge in [0, 0.05) is 25.4 Å². The molecule has 0 radical (unpaired) electrons. The lowest BCUT2D eigenvalue weighted by atomic mass is 9.99. The first-order valence-electron chi connectivity index (χ1n) is 7.97. The molecule has 1 aliphatic rings. The average Bonchev–Trinajstić information content (AvgIpc) is 2.62. The predicted molar refractivity (Wildman–Crippen MR) is 88.2 cm³/mol. The molecule has 1 amide bonds. The predicted octanol–water partition coefficient (Wildman–Crippen LogP) is 2.49. The number of carbonyl (C=O) groups excluding carboxylic acids is 1. The molecule has 5 heteroatoms. The molecule has 0 bridgehead atoms. The second kappa shape index (κ2) is 7.74. The molecule has 120 valence electrons. The van der Waals surface area contributed by atoms with E-state index in [0.29, 0.717) is 12.4 Å². The van der Waals surface area contributed by atoms with E-state index in [1.807, 2.05) is 42.5 Å². The lowest BCUT2D eigenvalue weighted by molar-refractivity contribution is -0.125. The van der Waals surface area contributed by atoms with Gasteiger partial charge in [-0.2, -0.15) is 0 Å². The van der Waals surface area contributed by atoms with Gasteiger partial charge in [0.05, 0.1) is 5.92 Å². The number of aromatic nitrogens is 1. The molecule has 1 saturated heterocycles. The molecule has 2 aromatic rings. The van der Waals surface area contributed by atoms with E-state index in [-0.39, 0.29) is 11.8 Å². The summed E-state index contributed by atoms with van der Waals surface area (Å²) >= 11 is 0. The smallest absolute Gasteiger partial charge is 0.224 e. The van der Waals surface area contributed by atoms with E-state index in [1.54, 1.807) is 6.20 Å². The van der Waals surface area contributed by atoms with Crippen LogP contribution in [0.15, 0.2) is 48.7 Å². The largest absolute Gasteiger partial charge is 0.439 e. The van der Waals surface area contributed by atoms with Crippen LogP contribution in [0.4, 0.5) is 0 Å². The van der Waals surface area contributed by atoms with Gasteiger partial charge in [0.15, 0.2) is 0 Å². The van der Waals surface area contributed by atoms with Crippen LogP contribution in [0.5, 0.6) is 11.6 Å². The van der Waals surface area contributed by atoms with Crippen LogP contribution in [-0.4, -0.2) is 24.0 Å². The molecule has 1 aromatic carbocycles. The van der Waals surface area contributed by atoms with Gasteiger partial charge in [-0.25, -0.2) is 4.98 Å². The van der Waals surface area contributed by atoms with Crippen molar-refractivity contribution in [3.63, 3.8) is 0 Å². The van der Waals surface area contributed by atoms with Crippen LogP contribution >= 0.6 is 0 Å². The highest BCUT2D eigenvalue weighted by Gasteiger charge is 2.20.